The molecular formula is C30H35ClN2O. The average molecular weight is 475 g/mol. The third-order valence-corrected chi connectivity index (χ3v) is 7.18. The quantitative estimate of drug-likeness (QED) is 0.336. The van der Waals surface area contributed by atoms with E-state index in [-0.39, 0.29) is 24.4 Å². The standard InChI is InChI=1S/C30H35ClN2O/c1-19(2)29-24(18-34)14-13-23(30(29)31)16-20(3)25-11-8-9-22(27(25)17-32)15-21(4)26-10-6-7-12-28(26)33-5/h6-14,19-21,33-34H,15-16,18H2,1-5H3. The van der Waals surface area contributed by atoms with E-state index >= 15 is 0 Å². The number of aliphatic hydroxyl groups is 1. The summed E-state index contributed by atoms with van der Waals surface area (Å²) in [5, 5.41) is 23.9. The average Bonchev–Trinajstić information content (AvgIpc) is 2.84. The number of nitrogens with one attached hydrogen (secondary N) is 1. The molecule has 0 aliphatic carbocycles. The fourth-order valence-electron chi connectivity index (χ4n) is 4.97. The molecule has 2 atom stereocenters. The van der Waals surface area contributed by atoms with Gasteiger partial charge in [0, 0.05) is 17.8 Å². The van der Waals surface area contributed by atoms with Gasteiger partial charge in [0.05, 0.1) is 18.2 Å². The number of para-hydroxylation sites is 1. The second kappa shape index (κ2) is 11.6. The molecule has 34 heavy (non-hydrogen) atoms. The van der Waals surface area contributed by atoms with Gasteiger partial charge in [0.15, 0.2) is 0 Å². The van der Waals surface area contributed by atoms with E-state index in [0.717, 1.165) is 56.9 Å². The van der Waals surface area contributed by atoms with E-state index in [4.69, 9.17) is 11.6 Å². The van der Waals surface area contributed by atoms with Crippen LogP contribution in [0.15, 0.2) is 54.6 Å². The molecule has 0 saturated carbocycles. The van der Waals surface area contributed by atoms with Crippen LogP contribution in [0.5, 0.6) is 0 Å². The van der Waals surface area contributed by atoms with Gasteiger partial charge >= 0.3 is 0 Å². The monoisotopic (exact) mass is 474 g/mol. The lowest BCUT2D eigenvalue weighted by Gasteiger charge is -2.21. The van der Waals surface area contributed by atoms with E-state index in [1.807, 2.05) is 25.2 Å². The van der Waals surface area contributed by atoms with E-state index < -0.39 is 0 Å². The molecule has 178 valence electrons. The summed E-state index contributed by atoms with van der Waals surface area (Å²) >= 11 is 6.81. The Balaban J connectivity index is 1.91. The van der Waals surface area contributed by atoms with Crippen LogP contribution in [0.3, 0.4) is 0 Å². The lowest BCUT2D eigenvalue weighted by atomic mass is 9.84. The summed E-state index contributed by atoms with van der Waals surface area (Å²) in [5.74, 6) is 0.632. The second-order valence-corrected chi connectivity index (χ2v) is 9.84. The Kier molecular flexibility index (Phi) is 8.78. The Morgan fingerprint density at radius 3 is 2.12 bits per heavy atom. The zero-order valence-electron chi connectivity index (χ0n) is 20.8. The minimum atomic E-state index is -0.0153. The molecule has 0 heterocycles. The largest absolute Gasteiger partial charge is 0.392 e. The molecule has 0 bridgehead atoms. The van der Waals surface area contributed by atoms with Crippen molar-refractivity contribution < 1.29 is 5.11 Å². The lowest BCUT2D eigenvalue weighted by Crippen LogP contribution is -2.08. The van der Waals surface area contributed by atoms with Crippen LogP contribution in [-0.4, -0.2) is 12.2 Å². The fourth-order valence-corrected chi connectivity index (χ4v) is 5.45. The van der Waals surface area contributed by atoms with Gasteiger partial charge in [-0.2, -0.15) is 5.26 Å². The van der Waals surface area contributed by atoms with Crippen LogP contribution in [0, 0.1) is 11.3 Å². The molecule has 3 aromatic carbocycles. The molecule has 3 aromatic rings. The molecule has 2 unspecified atom stereocenters. The minimum Gasteiger partial charge on any atom is -0.392 e. The maximum atomic E-state index is 10.1. The van der Waals surface area contributed by atoms with Gasteiger partial charge in [-0.25, -0.2) is 0 Å². The van der Waals surface area contributed by atoms with Crippen LogP contribution in [0.1, 0.15) is 84.4 Å². The molecule has 0 saturated heterocycles. The van der Waals surface area contributed by atoms with Crippen molar-refractivity contribution in [2.24, 2.45) is 0 Å². The van der Waals surface area contributed by atoms with Gasteiger partial charge in [-0.3, -0.25) is 0 Å². The molecule has 0 aromatic heterocycles. The van der Waals surface area contributed by atoms with Crippen LogP contribution in [0.25, 0.3) is 0 Å². The van der Waals surface area contributed by atoms with Crippen molar-refractivity contribution in [3.05, 3.63) is 98.6 Å². The minimum absolute atomic E-state index is 0.0153. The second-order valence-electron chi connectivity index (χ2n) is 9.47. The molecule has 4 heteroatoms. The summed E-state index contributed by atoms with van der Waals surface area (Å²) < 4.78 is 0. The van der Waals surface area contributed by atoms with E-state index in [1.165, 1.54) is 5.56 Å². The zero-order valence-corrected chi connectivity index (χ0v) is 21.6. The predicted octanol–water partition coefficient (Wildman–Crippen LogP) is 7.56. The number of aliphatic hydroxyl groups excluding tert-OH is 1. The summed E-state index contributed by atoms with van der Waals surface area (Å²) in [6.45, 7) is 8.55. The van der Waals surface area contributed by atoms with Crippen LogP contribution < -0.4 is 5.32 Å². The maximum Gasteiger partial charge on any atom is 0.0997 e. The summed E-state index contributed by atoms with van der Waals surface area (Å²) in [6.07, 6.45) is 1.53. The Bertz CT molecular complexity index is 1180. The van der Waals surface area contributed by atoms with Crippen molar-refractivity contribution in [2.75, 3.05) is 12.4 Å². The number of benzene rings is 3. The highest BCUT2D eigenvalue weighted by Gasteiger charge is 2.20. The number of halogens is 1. The first-order valence-electron chi connectivity index (χ1n) is 12.0. The molecule has 0 amide bonds. The van der Waals surface area contributed by atoms with Gasteiger partial charge in [0.1, 0.15) is 0 Å². The Hall–Kier alpha value is -2.80. The van der Waals surface area contributed by atoms with E-state index in [1.54, 1.807) is 0 Å². The number of anilines is 1. The van der Waals surface area contributed by atoms with Crippen molar-refractivity contribution in [3.63, 3.8) is 0 Å². The summed E-state index contributed by atoms with van der Waals surface area (Å²) in [7, 11) is 1.94. The molecule has 0 aliphatic heterocycles. The molecule has 3 rings (SSSR count). The van der Waals surface area contributed by atoms with Gasteiger partial charge in [0.25, 0.3) is 0 Å². The van der Waals surface area contributed by atoms with E-state index in [2.05, 4.69) is 75.5 Å². The fraction of sp³-hybridized carbons (Fsp3) is 0.367. The first-order chi connectivity index (χ1) is 16.3. The van der Waals surface area contributed by atoms with Gasteiger partial charge in [0.2, 0.25) is 0 Å². The van der Waals surface area contributed by atoms with Gasteiger partial charge in [-0.05, 0) is 70.0 Å². The smallest absolute Gasteiger partial charge is 0.0997 e. The van der Waals surface area contributed by atoms with Gasteiger partial charge in [-0.15, -0.1) is 0 Å². The van der Waals surface area contributed by atoms with E-state index in [0.29, 0.717) is 0 Å². The van der Waals surface area contributed by atoms with Crippen molar-refractivity contribution in [1.82, 2.24) is 0 Å². The Morgan fingerprint density at radius 2 is 1.47 bits per heavy atom. The maximum absolute atomic E-state index is 10.1. The summed E-state index contributed by atoms with van der Waals surface area (Å²) in [6, 6.07) is 21.0. The molecule has 0 radical (unpaired) electrons. The third kappa shape index (κ3) is 5.46. The number of nitrogens with zero attached hydrogens (tertiary/aromatic N) is 1. The SMILES string of the molecule is CNc1ccccc1C(C)Cc1cccc(C(C)Cc2ccc(CO)c(C(C)C)c2Cl)c1C#N. The highest BCUT2D eigenvalue weighted by Crippen LogP contribution is 2.35. The molecule has 3 nitrogen and oxygen atoms in total. The van der Waals surface area contributed by atoms with Crippen molar-refractivity contribution in [2.45, 2.75) is 64.9 Å². The van der Waals surface area contributed by atoms with Crippen LogP contribution >= 0.6 is 11.6 Å². The van der Waals surface area contributed by atoms with Gasteiger partial charge in [-0.1, -0.05) is 87.8 Å². The highest BCUT2D eigenvalue weighted by atomic mass is 35.5. The van der Waals surface area contributed by atoms with Gasteiger partial charge < -0.3 is 10.4 Å². The Morgan fingerprint density at radius 1 is 0.853 bits per heavy atom. The van der Waals surface area contributed by atoms with Crippen molar-refractivity contribution >= 4 is 17.3 Å². The normalized spacial score (nSPS) is 12.9. The number of nitriles is 1. The first-order valence-corrected chi connectivity index (χ1v) is 12.4. The zero-order chi connectivity index (χ0) is 24.8. The van der Waals surface area contributed by atoms with E-state index in [9.17, 15) is 10.4 Å². The number of rotatable bonds is 9. The predicted molar refractivity (Wildman–Crippen MR) is 143 cm³/mol. The highest BCUT2D eigenvalue weighted by molar-refractivity contribution is 6.32. The number of hydrogen-bond donors (Lipinski definition) is 2. The number of hydrogen-bond acceptors (Lipinski definition) is 3. The summed E-state index contributed by atoms with van der Waals surface area (Å²) in [4.78, 5) is 0. The Labute approximate surface area is 209 Å². The first kappa shape index (κ1) is 25.8. The molecule has 0 fully saturated rings. The molecule has 2 N–H and O–H groups in total. The topological polar surface area (TPSA) is 56.0 Å². The molecule has 0 aliphatic rings. The van der Waals surface area contributed by atoms with Crippen LogP contribution in [-0.2, 0) is 19.4 Å². The lowest BCUT2D eigenvalue weighted by molar-refractivity contribution is 0.280. The van der Waals surface area contributed by atoms with Crippen LogP contribution in [0.2, 0.25) is 5.02 Å². The van der Waals surface area contributed by atoms with Crippen LogP contribution in [0.4, 0.5) is 5.69 Å². The summed E-state index contributed by atoms with van der Waals surface area (Å²) in [5.41, 5.74) is 8.24. The molecular weight excluding hydrogens is 440 g/mol. The third-order valence-electron chi connectivity index (χ3n) is 6.74. The molecule has 0 spiro atoms. The van der Waals surface area contributed by atoms with Crippen molar-refractivity contribution in [3.8, 4) is 6.07 Å². The van der Waals surface area contributed by atoms with Crippen molar-refractivity contribution in [1.29, 1.82) is 5.26 Å².